The van der Waals surface area contributed by atoms with Gasteiger partial charge >= 0.3 is 16.4 Å². The summed E-state index contributed by atoms with van der Waals surface area (Å²) < 4.78 is 58.9. The Morgan fingerprint density at radius 3 is 1.68 bits per heavy atom. The average molecular weight is 869 g/mol. The summed E-state index contributed by atoms with van der Waals surface area (Å²) in [5.41, 5.74) is 0. The molecule has 1 fully saturated rings. The monoisotopic (exact) mass is 869 g/mol. The molecule has 1 saturated heterocycles. The predicted molar refractivity (Wildman–Crippen MR) is 239 cm³/mol. The summed E-state index contributed by atoms with van der Waals surface area (Å²) in [6.45, 7) is 3.78. The fraction of sp³-hybridized carbons (Fsp3) is 0.723. The summed E-state index contributed by atoms with van der Waals surface area (Å²) in [5.74, 6) is -0.414. The largest absolute Gasteiger partial charge is 0.457 e. The van der Waals surface area contributed by atoms with Crippen LogP contribution in [0.3, 0.4) is 0 Å². The molecule has 0 aromatic rings. The highest BCUT2D eigenvalue weighted by Gasteiger charge is 2.48. The van der Waals surface area contributed by atoms with Crippen molar-refractivity contribution in [2.75, 3.05) is 26.4 Å². The van der Waals surface area contributed by atoms with Gasteiger partial charge in [0.2, 0.25) is 0 Å². The number of rotatable bonds is 38. The van der Waals surface area contributed by atoms with E-state index in [1.165, 1.54) is 32.1 Å². The third-order valence-corrected chi connectivity index (χ3v) is 10.3. The van der Waals surface area contributed by atoms with Gasteiger partial charge in [0.25, 0.3) is 0 Å². The predicted octanol–water partition coefficient (Wildman–Crippen LogP) is 9.52. The first-order valence-corrected chi connectivity index (χ1v) is 24.1. The minimum atomic E-state index is -5.06. The highest BCUT2D eigenvalue weighted by Crippen LogP contribution is 2.26. The Kier molecular flexibility index (Phi) is 35.4. The van der Waals surface area contributed by atoms with Gasteiger partial charge in [-0.25, -0.2) is 4.18 Å². The number of carbonyl (C=O) groups excluding carboxylic acids is 1. The van der Waals surface area contributed by atoms with E-state index >= 15 is 0 Å². The number of aliphatic hydroxyl groups is 3. The normalized spacial score (nSPS) is 20.9. The van der Waals surface area contributed by atoms with E-state index in [-0.39, 0.29) is 19.6 Å². The maximum absolute atomic E-state index is 12.8. The molecule has 4 N–H and O–H groups in total. The molecule has 0 aliphatic carbocycles. The minimum Gasteiger partial charge on any atom is -0.457 e. The fourth-order valence-electron chi connectivity index (χ4n) is 6.44. The maximum Gasteiger partial charge on any atom is 0.397 e. The molecular formula is C47H80O12S. The zero-order valence-corrected chi connectivity index (χ0v) is 37.6. The maximum atomic E-state index is 12.8. The quantitative estimate of drug-likeness (QED) is 0.0200. The van der Waals surface area contributed by atoms with Crippen molar-refractivity contribution < 1.29 is 56.2 Å². The second-order valence-electron chi connectivity index (χ2n) is 15.3. The molecule has 1 heterocycles. The zero-order chi connectivity index (χ0) is 43.9. The average Bonchev–Trinajstić information content (AvgIpc) is 3.22. The van der Waals surface area contributed by atoms with Crippen LogP contribution in [0.25, 0.3) is 0 Å². The van der Waals surface area contributed by atoms with Gasteiger partial charge in [-0.05, 0) is 64.2 Å². The number of aliphatic hydroxyl groups excluding tert-OH is 3. The van der Waals surface area contributed by atoms with Crippen molar-refractivity contribution in [3.05, 3.63) is 72.9 Å². The van der Waals surface area contributed by atoms with E-state index in [0.717, 1.165) is 96.3 Å². The SMILES string of the molecule is CC/C=C\C/C=C\C/C=C\C/C=C\C/C=C\C/C=C\CCCCCCCOCC(COC1OC(CO)C(O)C(OS(=O)(=O)O)C1O)OC(=O)CCCCCCCCCCC. The first kappa shape index (κ1) is 55.6. The molecule has 0 aromatic heterocycles. The summed E-state index contributed by atoms with van der Waals surface area (Å²) in [6.07, 6.45) is 39.5. The molecule has 13 heteroatoms. The minimum absolute atomic E-state index is 0.0198. The number of hydrogen-bond donors (Lipinski definition) is 4. The van der Waals surface area contributed by atoms with Gasteiger partial charge in [-0.15, -0.1) is 0 Å². The number of ether oxygens (including phenoxy) is 4. The summed E-state index contributed by atoms with van der Waals surface area (Å²) in [5, 5.41) is 30.6. The van der Waals surface area contributed by atoms with E-state index in [4.69, 9.17) is 23.5 Å². The van der Waals surface area contributed by atoms with Gasteiger partial charge in [0, 0.05) is 13.0 Å². The Morgan fingerprint density at radius 2 is 1.15 bits per heavy atom. The molecule has 6 unspecified atom stereocenters. The first-order chi connectivity index (χ1) is 29.1. The van der Waals surface area contributed by atoms with Gasteiger partial charge in [-0.2, -0.15) is 8.42 Å². The Morgan fingerprint density at radius 1 is 0.650 bits per heavy atom. The molecule has 346 valence electrons. The van der Waals surface area contributed by atoms with E-state index in [2.05, 4.69) is 90.9 Å². The van der Waals surface area contributed by atoms with Crippen LogP contribution in [0.1, 0.15) is 155 Å². The Hall–Kier alpha value is -2.46. The number of hydrogen-bond acceptors (Lipinski definition) is 11. The van der Waals surface area contributed by atoms with Gasteiger partial charge in [0.15, 0.2) is 6.29 Å². The fourth-order valence-corrected chi connectivity index (χ4v) is 6.95. The van der Waals surface area contributed by atoms with Crippen LogP contribution in [-0.2, 0) is 38.3 Å². The lowest BCUT2D eigenvalue weighted by molar-refractivity contribution is -0.301. The summed E-state index contributed by atoms with van der Waals surface area (Å²) in [6, 6.07) is 0. The van der Waals surface area contributed by atoms with E-state index in [0.29, 0.717) is 13.0 Å². The van der Waals surface area contributed by atoms with Crippen molar-refractivity contribution in [2.24, 2.45) is 0 Å². The summed E-state index contributed by atoms with van der Waals surface area (Å²) in [7, 11) is -5.06. The molecule has 1 aliphatic rings. The van der Waals surface area contributed by atoms with Crippen LogP contribution < -0.4 is 0 Å². The molecule has 0 aromatic carbocycles. The van der Waals surface area contributed by atoms with Crippen LogP contribution in [0.4, 0.5) is 0 Å². The lowest BCUT2D eigenvalue weighted by Crippen LogP contribution is -2.60. The van der Waals surface area contributed by atoms with Crippen LogP contribution >= 0.6 is 0 Å². The molecule has 0 radical (unpaired) electrons. The molecule has 12 nitrogen and oxygen atoms in total. The van der Waals surface area contributed by atoms with Crippen LogP contribution in [-0.4, -0.2) is 97.5 Å². The van der Waals surface area contributed by atoms with Crippen molar-refractivity contribution in [3.8, 4) is 0 Å². The van der Waals surface area contributed by atoms with E-state index in [1.807, 2.05) is 0 Å². The lowest BCUT2D eigenvalue weighted by atomic mass is 9.99. The number of unbranched alkanes of at least 4 members (excludes halogenated alkanes) is 13. The van der Waals surface area contributed by atoms with E-state index < -0.39 is 59.8 Å². The molecule has 60 heavy (non-hydrogen) atoms. The molecule has 0 amide bonds. The Balaban J connectivity index is 2.37. The van der Waals surface area contributed by atoms with Crippen molar-refractivity contribution in [1.29, 1.82) is 0 Å². The van der Waals surface area contributed by atoms with Crippen molar-refractivity contribution in [2.45, 2.75) is 192 Å². The van der Waals surface area contributed by atoms with Crippen molar-refractivity contribution in [1.82, 2.24) is 0 Å². The highest BCUT2D eigenvalue weighted by atomic mass is 32.3. The molecule has 1 aliphatic heterocycles. The van der Waals surface area contributed by atoms with Crippen LogP contribution in [0.2, 0.25) is 0 Å². The summed E-state index contributed by atoms with van der Waals surface area (Å²) >= 11 is 0. The highest BCUT2D eigenvalue weighted by molar-refractivity contribution is 7.80. The summed E-state index contributed by atoms with van der Waals surface area (Å²) in [4.78, 5) is 12.8. The molecule has 0 saturated carbocycles. The van der Waals surface area contributed by atoms with Gasteiger partial charge in [0.1, 0.15) is 30.5 Å². The molecule has 0 bridgehead atoms. The second-order valence-corrected chi connectivity index (χ2v) is 16.3. The van der Waals surface area contributed by atoms with Crippen molar-refractivity contribution in [3.63, 3.8) is 0 Å². The third-order valence-electron chi connectivity index (χ3n) is 9.84. The van der Waals surface area contributed by atoms with Crippen LogP contribution in [0.5, 0.6) is 0 Å². The van der Waals surface area contributed by atoms with Gasteiger partial charge in [-0.1, -0.05) is 157 Å². The van der Waals surface area contributed by atoms with Gasteiger partial charge < -0.3 is 34.3 Å². The zero-order valence-electron chi connectivity index (χ0n) is 36.7. The topological polar surface area (TPSA) is 178 Å². The number of allylic oxidation sites excluding steroid dienone is 12. The van der Waals surface area contributed by atoms with Crippen LogP contribution in [0, 0.1) is 0 Å². The third kappa shape index (κ3) is 31.4. The molecular weight excluding hydrogens is 789 g/mol. The van der Waals surface area contributed by atoms with Gasteiger partial charge in [0.05, 0.1) is 19.8 Å². The first-order valence-electron chi connectivity index (χ1n) is 22.7. The van der Waals surface area contributed by atoms with Gasteiger partial charge in [-0.3, -0.25) is 9.35 Å². The molecule has 1 rings (SSSR count). The number of esters is 1. The molecule has 6 atom stereocenters. The standard InChI is InChI=1S/C47H80O12S/c1-3-5-7-9-11-13-14-15-16-17-18-19-20-21-22-23-24-25-26-27-29-31-33-35-37-55-39-41(57-43(49)36-34-32-30-28-12-10-8-6-4-2)40-56-47-45(51)46(59-60(52,53)54)44(50)42(38-48)58-47/h5,7,11,13,15-16,18-19,21-22,24-25,41-42,44-48,50-51H,3-4,6,8-10,12,14,17,20,23,26-40H2,1-2H3,(H,52,53,54)/b7-5-,13-11-,16-15-,19-18-,22-21-,25-24-. The second kappa shape index (κ2) is 38.2. The Labute approximate surface area is 362 Å². The Bertz CT molecular complexity index is 1330. The number of carbonyl (C=O) groups is 1. The van der Waals surface area contributed by atoms with Crippen LogP contribution in [0.15, 0.2) is 72.9 Å². The van der Waals surface area contributed by atoms with Crippen molar-refractivity contribution >= 4 is 16.4 Å². The molecule has 0 spiro atoms. The van der Waals surface area contributed by atoms with E-state index in [9.17, 15) is 28.5 Å². The lowest BCUT2D eigenvalue weighted by Gasteiger charge is -2.41. The van der Waals surface area contributed by atoms with E-state index in [1.54, 1.807) is 0 Å². The smallest absolute Gasteiger partial charge is 0.397 e.